The summed E-state index contributed by atoms with van der Waals surface area (Å²) < 4.78 is 24.2. The van der Waals surface area contributed by atoms with Crippen LogP contribution < -0.4 is 5.32 Å². The van der Waals surface area contributed by atoms with Gasteiger partial charge in [0.05, 0.1) is 15.8 Å². The van der Waals surface area contributed by atoms with E-state index in [4.69, 9.17) is 0 Å². The number of rotatable bonds is 0. The van der Waals surface area contributed by atoms with Gasteiger partial charge in [0.2, 0.25) is 0 Å². The van der Waals surface area contributed by atoms with Crippen LogP contribution >= 0.6 is 0 Å². The Balaban J connectivity index is 2.75. The van der Waals surface area contributed by atoms with Crippen molar-refractivity contribution in [1.82, 2.24) is 0 Å². The predicted octanol–water partition coefficient (Wildman–Crippen LogP) is 1.89. The molecule has 1 aliphatic rings. The van der Waals surface area contributed by atoms with E-state index in [2.05, 4.69) is 5.32 Å². The molecule has 0 aliphatic carbocycles. The Hall–Kier alpha value is -1.03. The second-order valence-electron chi connectivity index (χ2n) is 4.20. The van der Waals surface area contributed by atoms with Crippen molar-refractivity contribution in [3.63, 3.8) is 0 Å². The van der Waals surface area contributed by atoms with Crippen LogP contribution in [0, 0.1) is 13.8 Å². The van der Waals surface area contributed by atoms with Gasteiger partial charge in [-0.3, -0.25) is 0 Å². The van der Waals surface area contributed by atoms with Crippen LogP contribution in [0.3, 0.4) is 0 Å². The molecule has 0 saturated heterocycles. The monoisotopic (exact) mass is 225 g/mol. The number of aryl methyl sites for hydroxylation is 2. The lowest BCUT2D eigenvalue weighted by atomic mass is 10.1. The molecule has 0 bridgehead atoms. The number of hydrogen-bond donors (Lipinski definition) is 1. The molecular weight excluding hydrogens is 210 g/mol. The molecule has 0 spiro atoms. The Morgan fingerprint density at radius 3 is 2.67 bits per heavy atom. The first-order chi connectivity index (χ1) is 6.93. The maximum absolute atomic E-state index is 12.1. The molecule has 1 unspecified atom stereocenters. The van der Waals surface area contributed by atoms with E-state index in [0.29, 0.717) is 11.4 Å². The minimum Gasteiger partial charge on any atom is -0.383 e. The van der Waals surface area contributed by atoms with Crippen LogP contribution in [0.15, 0.2) is 17.0 Å². The highest BCUT2D eigenvalue weighted by molar-refractivity contribution is 7.92. The summed E-state index contributed by atoms with van der Waals surface area (Å²) in [6, 6.07) is 3.81. The van der Waals surface area contributed by atoms with Crippen LogP contribution in [0.1, 0.15) is 18.1 Å². The predicted molar refractivity (Wildman–Crippen MR) is 61.1 cm³/mol. The molecule has 3 nitrogen and oxygen atoms in total. The average Bonchev–Trinajstić information content (AvgIpc) is 2.10. The number of fused-ring (bicyclic) bond motifs is 1. The van der Waals surface area contributed by atoms with Gasteiger partial charge in [-0.25, -0.2) is 8.42 Å². The van der Waals surface area contributed by atoms with E-state index in [1.807, 2.05) is 26.0 Å². The summed E-state index contributed by atoms with van der Waals surface area (Å²) in [7, 11) is -3.13. The second-order valence-corrected chi connectivity index (χ2v) is 6.50. The molecule has 0 fully saturated rings. The average molecular weight is 225 g/mol. The van der Waals surface area contributed by atoms with Crippen molar-refractivity contribution in [2.45, 2.75) is 30.9 Å². The normalized spacial score (nSPS) is 23.0. The number of benzene rings is 1. The Morgan fingerprint density at radius 2 is 2.00 bits per heavy atom. The number of sulfone groups is 1. The molecule has 1 atom stereocenters. The van der Waals surface area contributed by atoms with Crippen molar-refractivity contribution >= 4 is 15.5 Å². The van der Waals surface area contributed by atoms with Crippen LogP contribution in [-0.2, 0) is 9.84 Å². The quantitative estimate of drug-likeness (QED) is 0.733. The van der Waals surface area contributed by atoms with Gasteiger partial charge in [0.1, 0.15) is 0 Å². The minimum absolute atomic E-state index is 0.341. The molecule has 82 valence electrons. The first-order valence-electron chi connectivity index (χ1n) is 5.02. The third-order valence-corrected chi connectivity index (χ3v) is 5.15. The fraction of sp³-hybridized carbons (Fsp3) is 0.455. The van der Waals surface area contributed by atoms with Crippen molar-refractivity contribution in [3.8, 4) is 0 Å². The van der Waals surface area contributed by atoms with Gasteiger partial charge in [0.15, 0.2) is 9.84 Å². The largest absolute Gasteiger partial charge is 0.383 e. The van der Waals surface area contributed by atoms with Gasteiger partial charge in [-0.2, -0.15) is 0 Å². The van der Waals surface area contributed by atoms with Crippen molar-refractivity contribution in [2.75, 3.05) is 11.9 Å². The molecular formula is C11H15NO2S. The number of hydrogen-bond acceptors (Lipinski definition) is 3. The van der Waals surface area contributed by atoms with E-state index in [0.717, 1.165) is 16.8 Å². The summed E-state index contributed by atoms with van der Waals surface area (Å²) in [6.07, 6.45) is 0. The third-order valence-electron chi connectivity index (χ3n) is 2.81. The second kappa shape index (κ2) is 3.23. The van der Waals surface area contributed by atoms with Crippen LogP contribution in [0.5, 0.6) is 0 Å². The summed E-state index contributed by atoms with van der Waals surface area (Å²) >= 11 is 0. The summed E-state index contributed by atoms with van der Waals surface area (Å²) in [5, 5.41) is 2.83. The number of anilines is 1. The van der Waals surface area contributed by atoms with E-state index in [1.54, 1.807) is 6.92 Å². The van der Waals surface area contributed by atoms with Gasteiger partial charge < -0.3 is 5.32 Å². The Bertz CT molecular complexity index is 506. The first kappa shape index (κ1) is 10.5. The van der Waals surface area contributed by atoms with Gasteiger partial charge in [-0.1, -0.05) is 6.07 Å². The Morgan fingerprint density at radius 1 is 1.33 bits per heavy atom. The van der Waals surface area contributed by atoms with E-state index in [9.17, 15) is 8.42 Å². The van der Waals surface area contributed by atoms with Crippen molar-refractivity contribution in [1.29, 1.82) is 0 Å². The smallest absolute Gasteiger partial charge is 0.184 e. The molecule has 0 saturated carbocycles. The zero-order valence-corrected chi connectivity index (χ0v) is 9.98. The minimum atomic E-state index is -3.13. The standard InChI is InChI=1S/C11H15NO2S/c1-7-4-8(2)11-10(5-7)12-6-9(3)15(11,13)14/h4-5,9,12H,6H2,1-3H3. The van der Waals surface area contributed by atoms with Crippen LogP contribution in [0.25, 0.3) is 0 Å². The number of nitrogens with one attached hydrogen (secondary N) is 1. The highest BCUT2D eigenvalue weighted by Crippen LogP contribution is 2.33. The van der Waals surface area contributed by atoms with E-state index in [1.165, 1.54) is 0 Å². The van der Waals surface area contributed by atoms with Crippen molar-refractivity contribution in [3.05, 3.63) is 23.3 Å². The highest BCUT2D eigenvalue weighted by atomic mass is 32.2. The highest BCUT2D eigenvalue weighted by Gasteiger charge is 2.31. The maximum Gasteiger partial charge on any atom is 0.184 e. The van der Waals surface area contributed by atoms with Gasteiger partial charge in [0, 0.05) is 6.54 Å². The molecule has 0 aromatic heterocycles. The summed E-state index contributed by atoms with van der Waals surface area (Å²) in [6.45, 7) is 6.06. The SMILES string of the molecule is Cc1cc(C)c2c(c1)NCC(C)S2(=O)=O. The van der Waals surface area contributed by atoms with Gasteiger partial charge in [-0.05, 0) is 38.0 Å². The summed E-state index contributed by atoms with van der Waals surface area (Å²) in [4.78, 5) is 0.479. The van der Waals surface area contributed by atoms with E-state index < -0.39 is 9.84 Å². The lowest BCUT2D eigenvalue weighted by Gasteiger charge is -2.25. The fourth-order valence-corrected chi connectivity index (χ4v) is 3.68. The van der Waals surface area contributed by atoms with E-state index in [-0.39, 0.29) is 5.25 Å². The molecule has 1 aromatic rings. The molecule has 0 amide bonds. The Labute approximate surface area is 90.4 Å². The molecule has 4 heteroatoms. The van der Waals surface area contributed by atoms with Gasteiger partial charge >= 0.3 is 0 Å². The van der Waals surface area contributed by atoms with Crippen molar-refractivity contribution < 1.29 is 8.42 Å². The van der Waals surface area contributed by atoms with Gasteiger partial charge in [-0.15, -0.1) is 0 Å². The van der Waals surface area contributed by atoms with Crippen molar-refractivity contribution in [2.24, 2.45) is 0 Å². The summed E-state index contributed by atoms with van der Waals surface area (Å²) in [5.41, 5.74) is 2.68. The molecule has 1 heterocycles. The van der Waals surface area contributed by atoms with E-state index >= 15 is 0 Å². The molecule has 1 N–H and O–H groups in total. The molecule has 1 aliphatic heterocycles. The molecule has 1 aromatic carbocycles. The maximum atomic E-state index is 12.1. The van der Waals surface area contributed by atoms with Gasteiger partial charge in [0.25, 0.3) is 0 Å². The van der Waals surface area contributed by atoms with Crippen LogP contribution in [0.2, 0.25) is 0 Å². The lowest BCUT2D eigenvalue weighted by molar-refractivity contribution is 0.582. The summed E-state index contributed by atoms with van der Waals surface area (Å²) in [5.74, 6) is 0. The zero-order chi connectivity index (χ0) is 11.2. The Kier molecular flexibility index (Phi) is 2.26. The molecule has 0 radical (unpaired) electrons. The van der Waals surface area contributed by atoms with Crippen LogP contribution in [0.4, 0.5) is 5.69 Å². The fourth-order valence-electron chi connectivity index (χ4n) is 2.03. The molecule has 15 heavy (non-hydrogen) atoms. The topological polar surface area (TPSA) is 46.2 Å². The third kappa shape index (κ3) is 1.53. The molecule has 2 rings (SSSR count). The van der Waals surface area contributed by atoms with Crippen LogP contribution in [-0.4, -0.2) is 20.2 Å². The zero-order valence-electron chi connectivity index (χ0n) is 9.16. The first-order valence-corrected chi connectivity index (χ1v) is 6.56. The lowest BCUT2D eigenvalue weighted by Crippen LogP contribution is -2.32.